The molecule has 2 nitrogen and oxygen atoms in total. The number of nitrogens with one attached hydrogen (secondary N) is 1. The van der Waals surface area contributed by atoms with Gasteiger partial charge in [0.1, 0.15) is 0 Å². The van der Waals surface area contributed by atoms with Crippen molar-refractivity contribution in [2.24, 2.45) is 5.92 Å². The van der Waals surface area contributed by atoms with E-state index in [4.69, 9.17) is 4.74 Å². The van der Waals surface area contributed by atoms with Gasteiger partial charge in [-0.2, -0.15) is 0 Å². The Morgan fingerprint density at radius 2 is 2.00 bits per heavy atom. The van der Waals surface area contributed by atoms with Crippen molar-refractivity contribution in [2.75, 3.05) is 20.3 Å². The second-order valence-electron chi connectivity index (χ2n) is 4.63. The molecule has 0 spiro atoms. The van der Waals surface area contributed by atoms with Crippen LogP contribution < -0.4 is 5.32 Å². The summed E-state index contributed by atoms with van der Waals surface area (Å²) in [6.07, 6.45) is 9.63. The Bertz CT molecular complexity index is 149. The molecule has 1 fully saturated rings. The van der Waals surface area contributed by atoms with Crippen LogP contribution in [0.15, 0.2) is 0 Å². The molecule has 2 unspecified atom stereocenters. The van der Waals surface area contributed by atoms with Crippen LogP contribution in [0.4, 0.5) is 0 Å². The fourth-order valence-corrected chi connectivity index (χ4v) is 2.70. The van der Waals surface area contributed by atoms with Crippen molar-refractivity contribution in [3.8, 4) is 0 Å². The molecule has 2 heteroatoms. The minimum absolute atomic E-state index is 0.758. The van der Waals surface area contributed by atoms with E-state index in [1.807, 2.05) is 0 Å². The molecular weight excluding hydrogens is 186 g/mol. The molecule has 90 valence electrons. The summed E-state index contributed by atoms with van der Waals surface area (Å²) in [7, 11) is 2.12. The lowest BCUT2D eigenvalue weighted by Crippen LogP contribution is -2.32. The van der Waals surface area contributed by atoms with Crippen LogP contribution in [0.3, 0.4) is 0 Å². The average molecular weight is 213 g/mol. The topological polar surface area (TPSA) is 21.3 Å². The summed E-state index contributed by atoms with van der Waals surface area (Å²) in [6, 6.07) is 0.758. The first-order valence-corrected chi connectivity index (χ1v) is 6.63. The van der Waals surface area contributed by atoms with Gasteiger partial charge in [0.2, 0.25) is 0 Å². The molecule has 1 saturated carbocycles. The summed E-state index contributed by atoms with van der Waals surface area (Å²) < 4.78 is 5.40. The fourth-order valence-electron chi connectivity index (χ4n) is 2.70. The van der Waals surface area contributed by atoms with Gasteiger partial charge in [-0.05, 0) is 45.6 Å². The van der Waals surface area contributed by atoms with Gasteiger partial charge in [-0.1, -0.05) is 19.3 Å². The third kappa shape index (κ3) is 4.98. The summed E-state index contributed by atoms with van der Waals surface area (Å²) in [4.78, 5) is 0. The highest BCUT2D eigenvalue weighted by molar-refractivity contribution is 4.78. The molecule has 0 radical (unpaired) electrons. The largest absolute Gasteiger partial charge is 0.382 e. The predicted octanol–water partition coefficient (Wildman–Crippen LogP) is 2.97. The highest BCUT2D eigenvalue weighted by Crippen LogP contribution is 2.26. The van der Waals surface area contributed by atoms with Crippen molar-refractivity contribution in [1.29, 1.82) is 0 Å². The first kappa shape index (κ1) is 13.0. The molecule has 0 aliphatic heterocycles. The lowest BCUT2D eigenvalue weighted by molar-refractivity contribution is 0.136. The van der Waals surface area contributed by atoms with Gasteiger partial charge in [0.25, 0.3) is 0 Å². The minimum Gasteiger partial charge on any atom is -0.382 e. The smallest absolute Gasteiger partial charge is 0.0466 e. The van der Waals surface area contributed by atoms with Crippen molar-refractivity contribution in [3.63, 3.8) is 0 Å². The van der Waals surface area contributed by atoms with Crippen molar-refractivity contribution in [1.82, 2.24) is 5.32 Å². The van der Waals surface area contributed by atoms with Crippen LogP contribution >= 0.6 is 0 Å². The minimum atomic E-state index is 0.758. The first-order chi connectivity index (χ1) is 7.38. The zero-order chi connectivity index (χ0) is 10.9. The average Bonchev–Trinajstić information content (AvgIpc) is 2.49. The molecule has 0 heterocycles. The SMILES string of the molecule is CCOCCCC1CCCCCC1NC. The van der Waals surface area contributed by atoms with Crippen molar-refractivity contribution >= 4 is 0 Å². The molecule has 1 aliphatic rings. The molecule has 0 aromatic rings. The molecular formula is C13H27NO. The van der Waals surface area contributed by atoms with E-state index in [-0.39, 0.29) is 0 Å². The molecule has 1 rings (SSSR count). The Balaban J connectivity index is 2.22. The molecule has 0 aromatic carbocycles. The number of hydrogen-bond donors (Lipinski definition) is 1. The van der Waals surface area contributed by atoms with E-state index in [9.17, 15) is 0 Å². The quantitative estimate of drug-likeness (QED) is 0.541. The first-order valence-electron chi connectivity index (χ1n) is 6.63. The monoisotopic (exact) mass is 213 g/mol. The summed E-state index contributed by atoms with van der Waals surface area (Å²) in [5, 5.41) is 3.49. The second-order valence-corrected chi connectivity index (χ2v) is 4.63. The van der Waals surface area contributed by atoms with E-state index in [2.05, 4.69) is 19.3 Å². The van der Waals surface area contributed by atoms with Crippen LogP contribution in [-0.4, -0.2) is 26.3 Å². The molecule has 2 atom stereocenters. The fraction of sp³-hybridized carbons (Fsp3) is 1.00. The number of ether oxygens (including phenoxy) is 1. The Kier molecular flexibility index (Phi) is 7.03. The Morgan fingerprint density at radius 3 is 2.73 bits per heavy atom. The maximum absolute atomic E-state index is 5.40. The van der Waals surface area contributed by atoms with E-state index in [1.54, 1.807) is 0 Å². The number of hydrogen-bond acceptors (Lipinski definition) is 2. The van der Waals surface area contributed by atoms with Gasteiger partial charge in [-0.3, -0.25) is 0 Å². The van der Waals surface area contributed by atoms with Crippen molar-refractivity contribution in [3.05, 3.63) is 0 Å². The molecule has 1 aliphatic carbocycles. The summed E-state index contributed by atoms with van der Waals surface area (Å²) in [5.74, 6) is 0.887. The van der Waals surface area contributed by atoms with Gasteiger partial charge < -0.3 is 10.1 Å². The standard InChI is InChI=1S/C13H27NO/c1-3-15-11-7-9-12-8-5-4-6-10-13(12)14-2/h12-14H,3-11H2,1-2H3. The highest BCUT2D eigenvalue weighted by Gasteiger charge is 2.21. The third-order valence-corrected chi connectivity index (χ3v) is 3.60. The van der Waals surface area contributed by atoms with Gasteiger partial charge in [0, 0.05) is 19.3 Å². The normalized spacial score (nSPS) is 27.6. The second kappa shape index (κ2) is 8.12. The number of rotatable bonds is 6. The summed E-state index contributed by atoms with van der Waals surface area (Å²) in [5.41, 5.74) is 0. The third-order valence-electron chi connectivity index (χ3n) is 3.60. The maximum Gasteiger partial charge on any atom is 0.0466 e. The van der Waals surface area contributed by atoms with Gasteiger partial charge in [0.15, 0.2) is 0 Å². The van der Waals surface area contributed by atoms with E-state index in [0.717, 1.165) is 25.2 Å². The molecule has 15 heavy (non-hydrogen) atoms. The molecule has 0 saturated heterocycles. The van der Waals surface area contributed by atoms with Crippen molar-refractivity contribution < 1.29 is 4.74 Å². The van der Waals surface area contributed by atoms with Crippen LogP contribution in [-0.2, 0) is 4.74 Å². The van der Waals surface area contributed by atoms with E-state index >= 15 is 0 Å². The van der Waals surface area contributed by atoms with Gasteiger partial charge in [-0.25, -0.2) is 0 Å². The lowest BCUT2D eigenvalue weighted by Gasteiger charge is -2.24. The van der Waals surface area contributed by atoms with Crippen LogP contribution in [0.25, 0.3) is 0 Å². The Labute approximate surface area is 94.8 Å². The van der Waals surface area contributed by atoms with E-state index in [1.165, 1.54) is 44.9 Å². The van der Waals surface area contributed by atoms with Crippen LogP contribution in [0.2, 0.25) is 0 Å². The Hall–Kier alpha value is -0.0800. The summed E-state index contributed by atoms with van der Waals surface area (Å²) in [6.45, 7) is 3.88. The summed E-state index contributed by atoms with van der Waals surface area (Å²) >= 11 is 0. The van der Waals surface area contributed by atoms with Gasteiger partial charge >= 0.3 is 0 Å². The van der Waals surface area contributed by atoms with Crippen LogP contribution in [0.5, 0.6) is 0 Å². The predicted molar refractivity (Wildman–Crippen MR) is 65.1 cm³/mol. The van der Waals surface area contributed by atoms with E-state index in [0.29, 0.717) is 0 Å². The van der Waals surface area contributed by atoms with Crippen LogP contribution in [0, 0.1) is 5.92 Å². The maximum atomic E-state index is 5.40. The zero-order valence-electron chi connectivity index (χ0n) is 10.4. The molecule has 0 bridgehead atoms. The molecule has 0 aromatic heterocycles. The van der Waals surface area contributed by atoms with Gasteiger partial charge in [-0.15, -0.1) is 0 Å². The molecule has 0 amide bonds. The van der Waals surface area contributed by atoms with Crippen molar-refractivity contribution in [2.45, 2.75) is 57.9 Å². The molecule has 1 N–H and O–H groups in total. The zero-order valence-corrected chi connectivity index (χ0v) is 10.4. The lowest BCUT2D eigenvalue weighted by atomic mass is 9.90. The van der Waals surface area contributed by atoms with Gasteiger partial charge in [0.05, 0.1) is 0 Å². The van der Waals surface area contributed by atoms with Crippen LogP contribution in [0.1, 0.15) is 51.9 Å². The Morgan fingerprint density at radius 1 is 1.20 bits per heavy atom. The van der Waals surface area contributed by atoms with E-state index < -0.39 is 0 Å². The highest BCUT2D eigenvalue weighted by atomic mass is 16.5.